The van der Waals surface area contributed by atoms with Gasteiger partial charge in [0.25, 0.3) is 0 Å². The molecule has 136 valence electrons. The van der Waals surface area contributed by atoms with Crippen molar-refractivity contribution in [3.63, 3.8) is 0 Å². The molecule has 4 aromatic rings. The number of nitrogens with zero attached hydrogens (tertiary/aromatic N) is 1. The van der Waals surface area contributed by atoms with E-state index in [2.05, 4.69) is 21.4 Å². The standard InChI is InChI=1S/C21H18N2O3S/c1-2-26-15-6-7-16-17(10-14-4-3-5-18(22-14)21(24)25)20(23-19(16)11-15)13-8-9-27-12-13/h3-9,11-12,23H,2,10H2,1H3,(H,24,25). The van der Waals surface area contributed by atoms with Crippen LogP contribution in [0.1, 0.15) is 28.7 Å². The number of rotatable bonds is 6. The maximum atomic E-state index is 11.2. The van der Waals surface area contributed by atoms with E-state index in [4.69, 9.17) is 4.74 Å². The van der Waals surface area contributed by atoms with Crippen molar-refractivity contribution in [2.45, 2.75) is 13.3 Å². The first-order valence-corrected chi connectivity index (χ1v) is 9.59. The third-order valence-electron chi connectivity index (χ3n) is 4.38. The molecule has 27 heavy (non-hydrogen) atoms. The number of benzene rings is 1. The zero-order chi connectivity index (χ0) is 18.8. The van der Waals surface area contributed by atoms with Crippen LogP contribution in [0.4, 0.5) is 0 Å². The van der Waals surface area contributed by atoms with Gasteiger partial charge in [0, 0.05) is 40.0 Å². The van der Waals surface area contributed by atoms with E-state index in [-0.39, 0.29) is 5.69 Å². The largest absolute Gasteiger partial charge is 0.494 e. The summed E-state index contributed by atoms with van der Waals surface area (Å²) in [5.74, 6) is -0.198. The van der Waals surface area contributed by atoms with Crippen LogP contribution >= 0.6 is 11.3 Å². The van der Waals surface area contributed by atoms with Gasteiger partial charge in [0.05, 0.1) is 12.3 Å². The van der Waals surface area contributed by atoms with Crippen molar-refractivity contribution >= 4 is 28.2 Å². The molecule has 4 rings (SSSR count). The molecule has 0 saturated carbocycles. The Labute approximate surface area is 160 Å². The van der Waals surface area contributed by atoms with Gasteiger partial charge in [0.1, 0.15) is 11.4 Å². The van der Waals surface area contributed by atoms with Gasteiger partial charge >= 0.3 is 5.97 Å². The fraction of sp³-hybridized carbons (Fsp3) is 0.143. The molecule has 0 fully saturated rings. The Morgan fingerprint density at radius 1 is 1.26 bits per heavy atom. The fourth-order valence-electron chi connectivity index (χ4n) is 3.21. The molecule has 0 radical (unpaired) electrons. The molecule has 0 spiro atoms. The number of pyridine rings is 1. The Kier molecular flexibility index (Phi) is 4.64. The second-order valence-electron chi connectivity index (χ2n) is 6.13. The first-order valence-electron chi connectivity index (χ1n) is 8.65. The third kappa shape index (κ3) is 3.44. The van der Waals surface area contributed by atoms with Gasteiger partial charge < -0.3 is 14.8 Å². The van der Waals surface area contributed by atoms with E-state index in [1.54, 1.807) is 17.4 Å². The van der Waals surface area contributed by atoms with Crippen LogP contribution in [0.3, 0.4) is 0 Å². The summed E-state index contributed by atoms with van der Waals surface area (Å²) in [7, 11) is 0. The van der Waals surface area contributed by atoms with E-state index < -0.39 is 5.97 Å². The number of aromatic carboxylic acids is 1. The number of hydrogen-bond donors (Lipinski definition) is 2. The number of aromatic nitrogens is 2. The topological polar surface area (TPSA) is 75.2 Å². The Bertz CT molecular complexity index is 1100. The van der Waals surface area contributed by atoms with Crippen molar-refractivity contribution in [2.75, 3.05) is 6.61 Å². The smallest absolute Gasteiger partial charge is 0.354 e. The summed E-state index contributed by atoms with van der Waals surface area (Å²) in [6.07, 6.45) is 0.542. The summed E-state index contributed by atoms with van der Waals surface area (Å²) in [6.45, 7) is 2.57. The molecule has 0 aliphatic heterocycles. The summed E-state index contributed by atoms with van der Waals surface area (Å²) in [6, 6.07) is 13.2. The summed E-state index contributed by atoms with van der Waals surface area (Å²) < 4.78 is 5.62. The predicted molar refractivity (Wildman–Crippen MR) is 107 cm³/mol. The Hall–Kier alpha value is -3.12. The molecule has 0 aliphatic rings. The summed E-state index contributed by atoms with van der Waals surface area (Å²) in [5.41, 5.74) is 5.01. The highest BCUT2D eigenvalue weighted by Gasteiger charge is 2.16. The van der Waals surface area contributed by atoms with Crippen LogP contribution in [0, 0.1) is 0 Å². The average Bonchev–Trinajstić information content (AvgIpc) is 3.30. The molecular weight excluding hydrogens is 360 g/mol. The van der Waals surface area contributed by atoms with Gasteiger partial charge in [0.15, 0.2) is 0 Å². The highest BCUT2D eigenvalue weighted by molar-refractivity contribution is 7.08. The average molecular weight is 378 g/mol. The number of H-pyrrole nitrogens is 1. The first kappa shape index (κ1) is 17.3. The lowest BCUT2D eigenvalue weighted by Crippen LogP contribution is -2.03. The van der Waals surface area contributed by atoms with E-state index >= 15 is 0 Å². The monoisotopic (exact) mass is 378 g/mol. The van der Waals surface area contributed by atoms with Crippen molar-refractivity contribution in [1.82, 2.24) is 9.97 Å². The number of fused-ring (bicyclic) bond motifs is 1. The zero-order valence-corrected chi connectivity index (χ0v) is 15.5. The fourth-order valence-corrected chi connectivity index (χ4v) is 3.85. The second-order valence-corrected chi connectivity index (χ2v) is 6.91. The minimum atomic E-state index is -1.02. The van der Waals surface area contributed by atoms with Crippen molar-refractivity contribution in [1.29, 1.82) is 0 Å². The van der Waals surface area contributed by atoms with Gasteiger partial charge in [-0.3, -0.25) is 0 Å². The normalized spacial score (nSPS) is 11.0. The third-order valence-corrected chi connectivity index (χ3v) is 5.07. The van der Waals surface area contributed by atoms with Crippen LogP contribution in [0.25, 0.3) is 22.2 Å². The second kappa shape index (κ2) is 7.25. The summed E-state index contributed by atoms with van der Waals surface area (Å²) >= 11 is 1.64. The number of aromatic amines is 1. The highest BCUT2D eigenvalue weighted by atomic mass is 32.1. The molecule has 5 nitrogen and oxygen atoms in total. The molecule has 0 bridgehead atoms. The minimum Gasteiger partial charge on any atom is -0.494 e. The number of thiophene rings is 1. The molecular formula is C21H18N2O3S. The molecule has 0 unspecified atom stereocenters. The van der Waals surface area contributed by atoms with E-state index in [1.165, 1.54) is 6.07 Å². The van der Waals surface area contributed by atoms with Crippen LogP contribution in [-0.2, 0) is 6.42 Å². The molecule has 0 aliphatic carbocycles. The van der Waals surface area contributed by atoms with Crippen LogP contribution in [0.2, 0.25) is 0 Å². The van der Waals surface area contributed by atoms with Gasteiger partial charge in [-0.2, -0.15) is 11.3 Å². The Morgan fingerprint density at radius 3 is 2.89 bits per heavy atom. The number of ether oxygens (including phenoxy) is 1. The summed E-state index contributed by atoms with van der Waals surface area (Å²) in [4.78, 5) is 19.0. The maximum Gasteiger partial charge on any atom is 0.354 e. The lowest BCUT2D eigenvalue weighted by Gasteiger charge is -2.05. The number of carbonyl (C=O) groups is 1. The van der Waals surface area contributed by atoms with Crippen molar-refractivity contribution < 1.29 is 14.6 Å². The van der Waals surface area contributed by atoms with Gasteiger partial charge in [-0.05, 0) is 48.2 Å². The maximum absolute atomic E-state index is 11.2. The van der Waals surface area contributed by atoms with Crippen molar-refractivity contribution in [2.24, 2.45) is 0 Å². The quantitative estimate of drug-likeness (QED) is 0.496. The van der Waals surface area contributed by atoms with Crippen molar-refractivity contribution in [3.05, 3.63) is 70.2 Å². The van der Waals surface area contributed by atoms with E-state index in [9.17, 15) is 9.90 Å². The van der Waals surface area contributed by atoms with Gasteiger partial charge in [-0.1, -0.05) is 6.07 Å². The van der Waals surface area contributed by atoms with Gasteiger partial charge in [0.2, 0.25) is 0 Å². The molecule has 0 saturated heterocycles. The van der Waals surface area contributed by atoms with E-state index in [0.29, 0.717) is 13.0 Å². The highest BCUT2D eigenvalue weighted by Crippen LogP contribution is 2.34. The number of carboxylic acids is 1. The van der Waals surface area contributed by atoms with Crippen LogP contribution in [0.15, 0.2) is 53.2 Å². The molecule has 0 amide bonds. The van der Waals surface area contributed by atoms with E-state index in [1.807, 2.05) is 36.6 Å². The molecule has 3 aromatic heterocycles. The molecule has 2 N–H and O–H groups in total. The Balaban J connectivity index is 1.83. The number of nitrogens with one attached hydrogen (secondary N) is 1. The van der Waals surface area contributed by atoms with E-state index in [0.717, 1.165) is 39.2 Å². The first-order chi connectivity index (χ1) is 13.2. The molecule has 0 atom stereocenters. The van der Waals surface area contributed by atoms with Crippen LogP contribution in [-0.4, -0.2) is 27.7 Å². The predicted octanol–water partition coefficient (Wildman–Crippen LogP) is 4.98. The van der Waals surface area contributed by atoms with Gasteiger partial charge in [-0.15, -0.1) is 0 Å². The Morgan fingerprint density at radius 2 is 2.15 bits per heavy atom. The molecule has 3 heterocycles. The minimum absolute atomic E-state index is 0.0584. The molecule has 1 aromatic carbocycles. The molecule has 6 heteroatoms. The van der Waals surface area contributed by atoms with Crippen LogP contribution in [0.5, 0.6) is 5.75 Å². The number of hydrogen-bond acceptors (Lipinski definition) is 4. The lowest BCUT2D eigenvalue weighted by atomic mass is 10.0. The van der Waals surface area contributed by atoms with Gasteiger partial charge in [-0.25, -0.2) is 9.78 Å². The summed E-state index contributed by atoms with van der Waals surface area (Å²) in [5, 5.41) is 14.4. The number of carboxylic acid groups (broad SMARTS) is 1. The van der Waals surface area contributed by atoms with Crippen molar-refractivity contribution in [3.8, 4) is 17.0 Å². The zero-order valence-electron chi connectivity index (χ0n) is 14.7. The lowest BCUT2D eigenvalue weighted by molar-refractivity contribution is 0.0690. The SMILES string of the molecule is CCOc1ccc2c(Cc3cccc(C(=O)O)n3)c(-c3ccsc3)[nH]c2c1. The van der Waals surface area contributed by atoms with Crippen LogP contribution < -0.4 is 4.74 Å².